The molecule has 5 nitrogen and oxygen atoms in total. The van der Waals surface area contributed by atoms with Crippen molar-refractivity contribution in [2.24, 2.45) is 0 Å². The number of halogens is 1. The summed E-state index contributed by atoms with van der Waals surface area (Å²) in [7, 11) is 1.84. The molecular formula is C13H18ClN3O2. The van der Waals surface area contributed by atoms with Crippen molar-refractivity contribution in [3.63, 3.8) is 0 Å². The first-order valence-electron chi connectivity index (χ1n) is 6.48. The molecule has 1 aromatic rings. The molecule has 1 aromatic heterocycles. The molecule has 0 saturated carbocycles. The highest BCUT2D eigenvalue weighted by molar-refractivity contribution is 6.28. The minimum absolute atomic E-state index is 0.239. The number of likely N-dealkylation sites (N-methyl/N-ethyl adjacent to an activating group) is 1. The monoisotopic (exact) mass is 283 g/mol. The van der Waals surface area contributed by atoms with E-state index < -0.39 is 0 Å². The Morgan fingerprint density at radius 1 is 1.47 bits per heavy atom. The Morgan fingerprint density at radius 2 is 2.26 bits per heavy atom. The third-order valence-electron chi connectivity index (χ3n) is 3.37. The van der Waals surface area contributed by atoms with Crippen LogP contribution in [0.2, 0.25) is 5.28 Å². The number of aldehydes is 1. The number of nitrogens with zero attached hydrogens (tertiary/aromatic N) is 3. The van der Waals surface area contributed by atoms with Gasteiger partial charge in [-0.3, -0.25) is 0 Å². The molecule has 104 valence electrons. The fraction of sp³-hybridized carbons (Fsp3) is 0.615. The Bertz CT molecular complexity index is 467. The Hall–Kier alpha value is -1.20. The van der Waals surface area contributed by atoms with Crippen LogP contribution in [0.4, 0.5) is 5.82 Å². The lowest BCUT2D eigenvalue weighted by Crippen LogP contribution is -2.38. The van der Waals surface area contributed by atoms with Crippen LogP contribution in [0.25, 0.3) is 0 Å². The zero-order valence-electron chi connectivity index (χ0n) is 11.2. The highest BCUT2D eigenvalue weighted by atomic mass is 35.5. The average molecular weight is 284 g/mol. The van der Waals surface area contributed by atoms with Crippen molar-refractivity contribution in [2.75, 3.05) is 25.2 Å². The maximum atomic E-state index is 11.2. The SMILES string of the molecule is CCOCC(C=O)N(C)c1nc(Cl)nc2c1CCC2. The maximum Gasteiger partial charge on any atom is 0.224 e. The summed E-state index contributed by atoms with van der Waals surface area (Å²) in [4.78, 5) is 21.6. The molecule has 19 heavy (non-hydrogen) atoms. The number of aromatic nitrogens is 2. The molecule has 0 amide bonds. The van der Waals surface area contributed by atoms with Crippen LogP contribution >= 0.6 is 11.6 Å². The van der Waals surface area contributed by atoms with E-state index in [2.05, 4.69) is 9.97 Å². The smallest absolute Gasteiger partial charge is 0.224 e. The van der Waals surface area contributed by atoms with Gasteiger partial charge in [0, 0.05) is 19.2 Å². The van der Waals surface area contributed by atoms with Crippen molar-refractivity contribution in [3.8, 4) is 0 Å². The minimum Gasteiger partial charge on any atom is -0.379 e. The number of anilines is 1. The molecular weight excluding hydrogens is 266 g/mol. The van der Waals surface area contributed by atoms with Crippen LogP contribution < -0.4 is 4.90 Å². The standard InChI is InChI=1S/C13H18ClN3O2/c1-3-19-8-9(7-18)17(2)12-10-5-4-6-11(10)15-13(14)16-12/h7,9H,3-6,8H2,1-2H3. The average Bonchev–Trinajstić information content (AvgIpc) is 2.86. The van der Waals surface area contributed by atoms with Gasteiger partial charge in [-0.1, -0.05) is 0 Å². The van der Waals surface area contributed by atoms with Crippen molar-refractivity contribution in [2.45, 2.75) is 32.2 Å². The summed E-state index contributed by atoms with van der Waals surface area (Å²) >= 11 is 5.96. The second-order valence-electron chi connectivity index (χ2n) is 4.57. The van der Waals surface area contributed by atoms with Crippen molar-refractivity contribution in [1.82, 2.24) is 9.97 Å². The molecule has 1 atom stereocenters. The summed E-state index contributed by atoms with van der Waals surface area (Å²) in [5.74, 6) is 0.754. The summed E-state index contributed by atoms with van der Waals surface area (Å²) in [5, 5.41) is 0.239. The molecule has 0 aromatic carbocycles. The van der Waals surface area contributed by atoms with E-state index in [9.17, 15) is 4.79 Å². The van der Waals surface area contributed by atoms with Crippen LogP contribution in [0.15, 0.2) is 0 Å². The van der Waals surface area contributed by atoms with E-state index in [0.29, 0.717) is 13.2 Å². The molecule has 1 heterocycles. The number of carbonyl (C=O) groups is 1. The van der Waals surface area contributed by atoms with Crippen LogP contribution in [0.5, 0.6) is 0 Å². The van der Waals surface area contributed by atoms with Gasteiger partial charge in [0.15, 0.2) is 0 Å². The van der Waals surface area contributed by atoms with Gasteiger partial charge in [0.25, 0.3) is 0 Å². The molecule has 0 N–H and O–H groups in total. The first-order valence-corrected chi connectivity index (χ1v) is 6.86. The van der Waals surface area contributed by atoms with E-state index in [1.165, 1.54) is 0 Å². The Balaban J connectivity index is 2.27. The summed E-state index contributed by atoms with van der Waals surface area (Å²) < 4.78 is 5.33. The molecule has 2 rings (SSSR count). The quantitative estimate of drug-likeness (QED) is 0.587. The number of rotatable bonds is 6. The topological polar surface area (TPSA) is 55.3 Å². The van der Waals surface area contributed by atoms with Gasteiger partial charge in [-0.2, -0.15) is 0 Å². The van der Waals surface area contributed by atoms with Gasteiger partial charge >= 0.3 is 0 Å². The molecule has 6 heteroatoms. The van der Waals surface area contributed by atoms with Crippen LogP contribution in [0.3, 0.4) is 0 Å². The van der Waals surface area contributed by atoms with Crippen molar-refractivity contribution < 1.29 is 9.53 Å². The molecule has 1 aliphatic rings. The molecule has 0 radical (unpaired) electrons. The molecule has 0 fully saturated rings. The Morgan fingerprint density at radius 3 is 2.95 bits per heavy atom. The summed E-state index contributed by atoms with van der Waals surface area (Å²) in [6.45, 7) is 2.84. The van der Waals surface area contributed by atoms with E-state index in [0.717, 1.165) is 42.6 Å². The highest BCUT2D eigenvalue weighted by Gasteiger charge is 2.24. The molecule has 0 bridgehead atoms. The number of hydrogen-bond acceptors (Lipinski definition) is 5. The normalized spacial score (nSPS) is 15.1. The zero-order valence-corrected chi connectivity index (χ0v) is 12.0. The van der Waals surface area contributed by atoms with Crippen LogP contribution in [-0.2, 0) is 22.4 Å². The van der Waals surface area contributed by atoms with Gasteiger partial charge in [-0.05, 0) is 37.8 Å². The van der Waals surface area contributed by atoms with Crippen LogP contribution in [-0.4, -0.2) is 42.6 Å². The van der Waals surface area contributed by atoms with Crippen LogP contribution in [0, 0.1) is 0 Å². The summed E-state index contributed by atoms with van der Waals surface area (Å²) in [6, 6.07) is -0.351. The van der Waals surface area contributed by atoms with Gasteiger partial charge in [-0.25, -0.2) is 9.97 Å². The lowest BCUT2D eigenvalue weighted by molar-refractivity contribution is -0.110. The van der Waals surface area contributed by atoms with Gasteiger partial charge < -0.3 is 14.4 Å². The highest BCUT2D eigenvalue weighted by Crippen LogP contribution is 2.30. The fourth-order valence-corrected chi connectivity index (χ4v) is 2.50. The van der Waals surface area contributed by atoms with E-state index in [4.69, 9.17) is 16.3 Å². The Labute approximate surface area is 117 Å². The lowest BCUT2D eigenvalue weighted by atomic mass is 10.2. The molecule has 0 saturated heterocycles. The summed E-state index contributed by atoms with van der Waals surface area (Å²) in [5.41, 5.74) is 2.11. The lowest BCUT2D eigenvalue weighted by Gasteiger charge is -2.26. The first-order chi connectivity index (χ1) is 9.17. The fourth-order valence-electron chi connectivity index (χ4n) is 2.31. The van der Waals surface area contributed by atoms with E-state index in [1.54, 1.807) is 0 Å². The zero-order chi connectivity index (χ0) is 13.8. The molecule has 1 unspecified atom stereocenters. The first kappa shape index (κ1) is 14.2. The number of hydrogen-bond donors (Lipinski definition) is 0. The largest absolute Gasteiger partial charge is 0.379 e. The predicted octanol–water partition coefficient (Wildman–Crippen LogP) is 1.66. The van der Waals surface area contributed by atoms with E-state index >= 15 is 0 Å². The molecule has 1 aliphatic carbocycles. The molecule has 0 aliphatic heterocycles. The predicted molar refractivity (Wildman–Crippen MR) is 73.8 cm³/mol. The van der Waals surface area contributed by atoms with Crippen molar-refractivity contribution >= 4 is 23.7 Å². The number of aryl methyl sites for hydroxylation is 1. The maximum absolute atomic E-state index is 11.2. The second kappa shape index (κ2) is 6.30. The van der Waals surface area contributed by atoms with Gasteiger partial charge in [0.1, 0.15) is 18.1 Å². The number of carbonyl (C=O) groups excluding carboxylic acids is 1. The van der Waals surface area contributed by atoms with Gasteiger partial charge in [-0.15, -0.1) is 0 Å². The van der Waals surface area contributed by atoms with Crippen LogP contribution in [0.1, 0.15) is 24.6 Å². The minimum atomic E-state index is -0.351. The number of fused-ring (bicyclic) bond motifs is 1. The summed E-state index contributed by atoms with van der Waals surface area (Å²) in [6.07, 6.45) is 3.80. The third-order valence-corrected chi connectivity index (χ3v) is 3.53. The van der Waals surface area contributed by atoms with E-state index in [1.807, 2.05) is 18.9 Å². The van der Waals surface area contributed by atoms with Crippen molar-refractivity contribution in [1.29, 1.82) is 0 Å². The third kappa shape index (κ3) is 3.04. The number of ether oxygens (including phenoxy) is 1. The van der Waals surface area contributed by atoms with Gasteiger partial charge in [0.05, 0.1) is 12.3 Å². The second-order valence-corrected chi connectivity index (χ2v) is 4.91. The van der Waals surface area contributed by atoms with Gasteiger partial charge in [0.2, 0.25) is 5.28 Å². The van der Waals surface area contributed by atoms with Crippen molar-refractivity contribution in [3.05, 3.63) is 16.5 Å². The molecule has 0 spiro atoms. The van der Waals surface area contributed by atoms with E-state index in [-0.39, 0.29) is 11.3 Å². The Kier molecular flexibility index (Phi) is 4.71.